The van der Waals surface area contributed by atoms with Crippen molar-refractivity contribution in [2.75, 3.05) is 18.5 Å². The molecule has 1 aliphatic carbocycles. The Hall–Kier alpha value is -1.62. The molecule has 0 atom stereocenters. The van der Waals surface area contributed by atoms with E-state index in [1.807, 2.05) is 0 Å². The molecule has 0 bridgehead atoms. The van der Waals surface area contributed by atoms with Gasteiger partial charge in [-0.05, 0) is 43.9 Å². The molecule has 0 spiro atoms. The summed E-state index contributed by atoms with van der Waals surface area (Å²) in [6.45, 7) is 2.72. The molecule has 1 fully saturated rings. The largest absolute Gasteiger partial charge is 0.491 e. The topological polar surface area (TPSA) is 64.3 Å². The Bertz CT molecular complexity index is 481. The van der Waals surface area contributed by atoms with E-state index < -0.39 is 5.82 Å². The number of hydrogen-bond donors (Lipinski definition) is 2. The monoisotopic (exact) mass is 280 g/mol. The van der Waals surface area contributed by atoms with Crippen LogP contribution in [-0.2, 0) is 4.79 Å². The SMILES string of the molecule is CCOc1ccc(NC(=O)CC2(CN)CCC2)cc1F. The minimum atomic E-state index is -0.471. The highest BCUT2D eigenvalue weighted by molar-refractivity contribution is 5.91. The lowest BCUT2D eigenvalue weighted by atomic mass is 9.66. The molecule has 20 heavy (non-hydrogen) atoms. The van der Waals surface area contributed by atoms with Gasteiger partial charge in [-0.15, -0.1) is 0 Å². The molecule has 1 saturated carbocycles. The Morgan fingerprint density at radius 1 is 1.50 bits per heavy atom. The lowest BCUT2D eigenvalue weighted by Gasteiger charge is -2.40. The number of rotatable bonds is 6. The average molecular weight is 280 g/mol. The van der Waals surface area contributed by atoms with Gasteiger partial charge in [-0.1, -0.05) is 6.42 Å². The highest BCUT2D eigenvalue weighted by atomic mass is 19.1. The maximum atomic E-state index is 13.7. The Morgan fingerprint density at radius 3 is 2.75 bits per heavy atom. The first-order valence-electron chi connectivity index (χ1n) is 7.01. The number of carbonyl (C=O) groups excluding carboxylic acids is 1. The lowest BCUT2D eigenvalue weighted by Crippen LogP contribution is -2.40. The van der Waals surface area contributed by atoms with Crippen molar-refractivity contribution in [3.05, 3.63) is 24.0 Å². The first-order valence-corrected chi connectivity index (χ1v) is 7.01. The van der Waals surface area contributed by atoms with Crippen molar-refractivity contribution in [1.29, 1.82) is 0 Å². The molecule has 0 radical (unpaired) electrons. The molecule has 0 aliphatic heterocycles. The predicted molar refractivity (Wildman–Crippen MR) is 76.2 cm³/mol. The minimum Gasteiger partial charge on any atom is -0.491 e. The van der Waals surface area contributed by atoms with Gasteiger partial charge in [0.25, 0.3) is 0 Å². The number of nitrogens with two attached hydrogens (primary N) is 1. The van der Waals surface area contributed by atoms with Crippen LogP contribution in [0, 0.1) is 11.2 Å². The summed E-state index contributed by atoms with van der Waals surface area (Å²) in [6.07, 6.45) is 3.52. The maximum Gasteiger partial charge on any atom is 0.224 e. The number of halogens is 1. The van der Waals surface area contributed by atoms with Crippen molar-refractivity contribution in [2.45, 2.75) is 32.6 Å². The molecular formula is C15H21FN2O2. The van der Waals surface area contributed by atoms with Gasteiger partial charge < -0.3 is 15.8 Å². The van der Waals surface area contributed by atoms with Crippen molar-refractivity contribution < 1.29 is 13.9 Å². The summed E-state index contributed by atoms with van der Waals surface area (Å²) in [7, 11) is 0. The third-order valence-electron chi connectivity index (χ3n) is 3.90. The molecule has 3 N–H and O–H groups in total. The first-order chi connectivity index (χ1) is 9.58. The van der Waals surface area contributed by atoms with Crippen LogP contribution in [-0.4, -0.2) is 19.1 Å². The van der Waals surface area contributed by atoms with Gasteiger partial charge >= 0.3 is 0 Å². The second-order valence-corrected chi connectivity index (χ2v) is 5.36. The van der Waals surface area contributed by atoms with Crippen LogP contribution < -0.4 is 15.8 Å². The molecule has 0 aromatic heterocycles. The molecule has 110 valence electrons. The van der Waals surface area contributed by atoms with Gasteiger partial charge in [0.1, 0.15) is 0 Å². The molecule has 0 saturated heterocycles. The summed E-state index contributed by atoms with van der Waals surface area (Å²) in [5, 5.41) is 2.72. The summed E-state index contributed by atoms with van der Waals surface area (Å²) >= 11 is 0. The van der Waals surface area contributed by atoms with E-state index in [0.29, 0.717) is 25.3 Å². The van der Waals surface area contributed by atoms with Crippen LogP contribution in [0.15, 0.2) is 18.2 Å². The van der Waals surface area contributed by atoms with Crippen LogP contribution in [0.1, 0.15) is 32.6 Å². The predicted octanol–water partition coefficient (Wildman–Crippen LogP) is 2.68. The first kappa shape index (κ1) is 14.8. The maximum absolute atomic E-state index is 13.7. The second kappa shape index (κ2) is 6.22. The van der Waals surface area contributed by atoms with Gasteiger partial charge in [0.2, 0.25) is 5.91 Å². The molecule has 1 aromatic carbocycles. The van der Waals surface area contributed by atoms with Crippen molar-refractivity contribution in [3.8, 4) is 5.75 Å². The van der Waals surface area contributed by atoms with Crippen LogP contribution in [0.5, 0.6) is 5.75 Å². The third kappa shape index (κ3) is 3.28. The molecule has 2 rings (SSSR count). The zero-order valence-corrected chi connectivity index (χ0v) is 11.7. The van der Waals surface area contributed by atoms with Gasteiger partial charge in [0.15, 0.2) is 11.6 Å². The van der Waals surface area contributed by atoms with Gasteiger partial charge in [-0.25, -0.2) is 4.39 Å². The van der Waals surface area contributed by atoms with E-state index in [1.165, 1.54) is 12.1 Å². The Kier molecular flexibility index (Phi) is 4.60. The van der Waals surface area contributed by atoms with Crippen molar-refractivity contribution in [2.24, 2.45) is 11.1 Å². The Labute approximate surface area is 118 Å². The van der Waals surface area contributed by atoms with Gasteiger partial charge in [0.05, 0.1) is 6.61 Å². The molecular weight excluding hydrogens is 259 g/mol. The summed E-state index contributed by atoms with van der Waals surface area (Å²) in [4.78, 5) is 12.0. The molecule has 4 nitrogen and oxygen atoms in total. The fourth-order valence-corrected chi connectivity index (χ4v) is 2.53. The summed E-state index contributed by atoms with van der Waals surface area (Å²) in [5.41, 5.74) is 6.13. The van der Waals surface area contributed by atoms with Gasteiger partial charge in [0, 0.05) is 18.2 Å². The van der Waals surface area contributed by atoms with E-state index in [1.54, 1.807) is 13.0 Å². The third-order valence-corrected chi connectivity index (χ3v) is 3.90. The van der Waals surface area contributed by atoms with E-state index in [2.05, 4.69) is 5.32 Å². The van der Waals surface area contributed by atoms with Gasteiger partial charge in [-0.2, -0.15) is 0 Å². The Balaban J connectivity index is 1.96. The van der Waals surface area contributed by atoms with E-state index in [0.717, 1.165) is 19.3 Å². The smallest absolute Gasteiger partial charge is 0.224 e. The summed E-state index contributed by atoms with van der Waals surface area (Å²) < 4.78 is 18.8. The Morgan fingerprint density at radius 2 is 2.25 bits per heavy atom. The number of hydrogen-bond acceptors (Lipinski definition) is 3. The van der Waals surface area contributed by atoms with Crippen molar-refractivity contribution in [1.82, 2.24) is 0 Å². The van der Waals surface area contributed by atoms with Crippen molar-refractivity contribution >= 4 is 11.6 Å². The summed E-state index contributed by atoms with van der Waals surface area (Å²) in [5.74, 6) is -0.386. The fraction of sp³-hybridized carbons (Fsp3) is 0.533. The molecule has 1 aromatic rings. The average Bonchev–Trinajstić information content (AvgIpc) is 2.37. The fourth-order valence-electron chi connectivity index (χ4n) is 2.53. The quantitative estimate of drug-likeness (QED) is 0.842. The lowest BCUT2D eigenvalue weighted by molar-refractivity contribution is -0.119. The molecule has 0 unspecified atom stereocenters. The van der Waals surface area contributed by atoms with Crippen LogP contribution in [0.2, 0.25) is 0 Å². The van der Waals surface area contributed by atoms with E-state index in [9.17, 15) is 9.18 Å². The highest BCUT2D eigenvalue weighted by Gasteiger charge is 2.37. The zero-order valence-electron chi connectivity index (χ0n) is 11.7. The number of anilines is 1. The van der Waals surface area contributed by atoms with E-state index in [4.69, 9.17) is 10.5 Å². The van der Waals surface area contributed by atoms with Crippen LogP contribution >= 0.6 is 0 Å². The van der Waals surface area contributed by atoms with Crippen LogP contribution in [0.25, 0.3) is 0 Å². The van der Waals surface area contributed by atoms with Crippen LogP contribution in [0.4, 0.5) is 10.1 Å². The second-order valence-electron chi connectivity index (χ2n) is 5.36. The van der Waals surface area contributed by atoms with E-state index >= 15 is 0 Å². The molecule has 0 heterocycles. The number of amides is 1. The minimum absolute atomic E-state index is 0.0477. The molecule has 5 heteroatoms. The number of nitrogens with one attached hydrogen (secondary N) is 1. The normalized spacial score (nSPS) is 16.4. The standard InChI is InChI=1S/C15H21FN2O2/c1-2-20-13-5-4-11(8-12(13)16)18-14(19)9-15(10-17)6-3-7-15/h4-5,8H,2-3,6-7,9-10,17H2,1H3,(H,18,19). The van der Waals surface area contributed by atoms with Crippen LogP contribution in [0.3, 0.4) is 0 Å². The zero-order chi connectivity index (χ0) is 14.6. The van der Waals surface area contributed by atoms with Gasteiger partial charge in [-0.3, -0.25) is 4.79 Å². The number of ether oxygens (including phenoxy) is 1. The highest BCUT2D eigenvalue weighted by Crippen LogP contribution is 2.43. The molecule has 1 amide bonds. The van der Waals surface area contributed by atoms with E-state index in [-0.39, 0.29) is 17.1 Å². The number of benzene rings is 1. The summed E-state index contributed by atoms with van der Waals surface area (Å²) in [6, 6.07) is 4.44. The number of carbonyl (C=O) groups is 1. The molecule has 1 aliphatic rings. The van der Waals surface area contributed by atoms with Crippen molar-refractivity contribution in [3.63, 3.8) is 0 Å².